The third kappa shape index (κ3) is 4.19. The van der Waals surface area contributed by atoms with E-state index in [1.165, 1.54) is 54.6 Å². The van der Waals surface area contributed by atoms with Crippen molar-refractivity contribution in [2.75, 3.05) is 0 Å². The van der Waals surface area contributed by atoms with Gasteiger partial charge >= 0.3 is 0 Å². The van der Waals surface area contributed by atoms with Crippen LogP contribution in [0, 0.1) is 0 Å². The standard InChI is InChI=1S/C48H29N3/c1-2-14-37-35(12-1)36-13-3-4-15-38(36)43-29-34(25-26-39(37)43)33-11-7-10-32(28-33)30-21-23-31(24-22-30)48-50-44-19-8-17-41-40-18-9-27-49-46(40)42-16-5-6-20-45(42)51(48)47(41)44/h1-29H. The Hall–Kier alpha value is -6.84. The third-order valence-corrected chi connectivity index (χ3v) is 10.6. The number of hydrogen-bond acceptors (Lipinski definition) is 2. The van der Waals surface area contributed by atoms with Gasteiger partial charge in [0.05, 0.1) is 22.4 Å². The molecule has 0 saturated heterocycles. The Morgan fingerprint density at radius 1 is 0.373 bits per heavy atom. The minimum absolute atomic E-state index is 0.925. The first-order chi connectivity index (χ1) is 25.3. The molecule has 0 N–H and O–H groups in total. The van der Waals surface area contributed by atoms with Crippen molar-refractivity contribution in [1.29, 1.82) is 0 Å². The molecule has 0 saturated carbocycles. The van der Waals surface area contributed by atoms with Crippen LogP contribution in [-0.2, 0) is 0 Å². The van der Waals surface area contributed by atoms with Gasteiger partial charge in [0.2, 0.25) is 0 Å². The molecular formula is C48H29N3. The van der Waals surface area contributed by atoms with Crippen LogP contribution in [0.25, 0.3) is 105 Å². The number of para-hydroxylation sites is 2. The predicted octanol–water partition coefficient (Wildman–Crippen LogP) is 12.5. The van der Waals surface area contributed by atoms with Crippen molar-refractivity contribution < 1.29 is 0 Å². The van der Waals surface area contributed by atoms with E-state index < -0.39 is 0 Å². The highest BCUT2D eigenvalue weighted by molar-refractivity contribution is 6.25. The summed E-state index contributed by atoms with van der Waals surface area (Å²) in [5.41, 5.74) is 13.4. The molecule has 1 aliphatic heterocycles. The first kappa shape index (κ1) is 28.0. The molecule has 0 atom stereocenters. The fraction of sp³-hybridized carbons (Fsp3) is 0. The van der Waals surface area contributed by atoms with Crippen LogP contribution >= 0.6 is 0 Å². The number of hydrogen-bond donors (Lipinski definition) is 0. The molecule has 3 heterocycles. The molecule has 11 rings (SSSR count). The van der Waals surface area contributed by atoms with E-state index in [4.69, 9.17) is 9.97 Å². The van der Waals surface area contributed by atoms with Gasteiger partial charge in [-0.15, -0.1) is 0 Å². The lowest BCUT2D eigenvalue weighted by molar-refractivity contribution is 1.11. The lowest BCUT2D eigenvalue weighted by Gasteiger charge is -2.13. The van der Waals surface area contributed by atoms with Crippen molar-refractivity contribution in [2.45, 2.75) is 0 Å². The number of pyridine rings is 1. The molecule has 0 amide bonds. The fourth-order valence-corrected chi connectivity index (χ4v) is 8.26. The number of imidazole rings is 1. The average molecular weight is 648 g/mol. The van der Waals surface area contributed by atoms with Gasteiger partial charge in [0.15, 0.2) is 0 Å². The minimum atomic E-state index is 0.925. The van der Waals surface area contributed by atoms with E-state index in [2.05, 4.69) is 168 Å². The Labute approximate surface area is 294 Å². The molecule has 2 aromatic heterocycles. The lowest BCUT2D eigenvalue weighted by Crippen LogP contribution is -1.99. The maximum absolute atomic E-state index is 5.23. The van der Waals surface area contributed by atoms with Gasteiger partial charge in [-0.2, -0.15) is 0 Å². The fourth-order valence-electron chi connectivity index (χ4n) is 8.26. The summed E-state index contributed by atoms with van der Waals surface area (Å²) in [5.74, 6) is 0.925. The van der Waals surface area contributed by atoms with Crippen molar-refractivity contribution >= 4 is 43.4 Å². The highest BCUT2D eigenvalue weighted by atomic mass is 15.1. The monoisotopic (exact) mass is 647 g/mol. The van der Waals surface area contributed by atoms with Crippen molar-refractivity contribution in [2.24, 2.45) is 0 Å². The summed E-state index contributed by atoms with van der Waals surface area (Å²) in [5, 5.41) is 7.75. The summed E-state index contributed by atoms with van der Waals surface area (Å²) in [6.45, 7) is 0. The largest absolute Gasteiger partial charge is 0.291 e. The molecule has 51 heavy (non-hydrogen) atoms. The molecule has 0 fully saturated rings. The van der Waals surface area contributed by atoms with Crippen LogP contribution in [0.2, 0.25) is 0 Å². The van der Waals surface area contributed by atoms with Crippen LogP contribution in [0.3, 0.4) is 0 Å². The van der Waals surface area contributed by atoms with E-state index in [-0.39, 0.29) is 0 Å². The zero-order valence-corrected chi connectivity index (χ0v) is 27.6. The van der Waals surface area contributed by atoms with E-state index >= 15 is 0 Å². The minimum Gasteiger partial charge on any atom is -0.291 e. The molecule has 236 valence electrons. The van der Waals surface area contributed by atoms with Crippen LogP contribution in [0.1, 0.15) is 0 Å². The van der Waals surface area contributed by atoms with E-state index in [9.17, 15) is 0 Å². The van der Waals surface area contributed by atoms with Gasteiger partial charge in [-0.3, -0.25) is 9.55 Å². The van der Waals surface area contributed by atoms with E-state index in [0.717, 1.165) is 50.5 Å². The second-order valence-corrected chi connectivity index (χ2v) is 13.4. The van der Waals surface area contributed by atoms with E-state index in [1.807, 2.05) is 12.3 Å². The summed E-state index contributed by atoms with van der Waals surface area (Å²) >= 11 is 0. The Morgan fingerprint density at radius 3 is 1.73 bits per heavy atom. The predicted molar refractivity (Wildman–Crippen MR) is 212 cm³/mol. The molecule has 3 heteroatoms. The van der Waals surface area contributed by atoms with Gasteiger partial charge in [-0.05, 0) is 84.9 Å². The van der Waals surface area contributed by atoms with E-state index in [1.54, 1.807) is 0 Å². The summed E-state index contributed by atoms with van der Waals surface area (Å²) in [6, 6.07) is 61.3. The first-order valence-corrected chi connectivity index (χ1v) is 17.4. The molecule has 0 aliphatic carbocycles. The summed E-state index contributed by atoms with van der Waals surface area (Å²) in [6.07, 6.45) is 1.88. The molecule has 10 aromatic rings. The number of rotatable bonds is 3. The molecule has 3 nitrogen and oxygen atoms in total. The second-order valence-electron chi connectivity index (χ2n) is 13.4. The quantitative estimate of drug-likeness (QED) is 0.179. The number of nitrogens with zero attached hydrogens (tertiary/aromatic N) is 3. The number of fused-ring (bicyclic) bond motifs is 11. The summed E-state index contributed by atoms with van der Waals surface area (Å²) in [4.78, 5) is 10.1. The highest BCUT2D eigenvalue weighted by Gasteiger charge is 2.25. The summed E-state index contributed by atoms with van der Waals surface area (Å²) < 4.78 is 2.32. The molecule has 0 spiro atoms. The molecule has 0 bridgehead atoms. The van der Waals surface area contributed by atoms with Gasteiger partial charge < -0.3 is 0 Å². The van der Waals surface area contributed by atoms with Crippen molar-refractivity contribution in [3.8, 4) is 61.7 Å². The Kier molecular flexibility index (Phi) is 5.96. The zero-order chi connectivity index (χ0) is 33.5. The van der Waals surface area contributed by atoms with Gasteiger partial charge in [0.1, 0.15) is 5.82 Å². The van der Waals surface area contributed by atoms with Gasteiger partial charge in [-0.1, -0.05) is 140 Å². The lowest BCUT2D eigenvalue weighted by atomic mass is 9.91. The number of aromatic nitrogens is 3. The van der Waals surface area contributed by atoms with Crippen LogP contribution in [0.5, 0.6) is 0 Å². The Morgan fingerprint density at radius 2 is 0.941 bits per heavy atom. The van der Waals surface area contributed by atoms with Crippen LogP contribution in [0.15, 0.2) is 176 Å². The Balaban J connectivity index is 1.01. The first-order valence-electron chi connectivity index (χ1n) is 17.4. The van der Waals surface area contributed by atoms with Crippen molar-refractivity contribution in [3.05, 3.63) is 176 Å². The topological polar surface area (TPSA) is 30.7 Å². The third-order valence-electron chi connectivity index (χ3n) is 10.6. The zero-order valence-electron chi connectivity index (χ0n) is 27.6. The average Bonchev–Trinajstić information content (AvgIpc) is 3.55. The smallest absolute Gasteiger partial charge is 0.145 e. The Bertz CT molecular complexity index is 2990. The van der Waals surface area contributed by atoms with Crippen molar-refractivity contribution in [1.82, 2.24) is 14.5 Å². The molecular weight excluding hydrogens is 619 g/mol. The number of benzene rings is 8. The maximum Gasteiger partial charge on any atom is 0.145 e. The van der Waals surface area contributed by atoms with Gasteiger partial charge in [0.25, 0.3) is 0 Å². The normalized spacial score (nSPS) is 11.9. The van der Waals surface area contributed by atoms with Gasteiger partial charge in [0, 0.05) is 28.5 Å². The van der Waals surface area contributed by atoms with E-state index in [0.29, 0.717) is 0 Å². The second kappa shape index (κ2) is 10.8. The molecule has 1 aliphatic rings. The molecule has 0 radical (unpaired) electrons. The molecule has 8 aromatic carbocycles. The highest BCUT2D eigenvalue weighted by Crippen LogP contribution is 2.44. The molecule has 0 unspecified atom stereocenters. The summed E-state index contributed by atoms with van der Waals surface area (Å²) in [7, 11) is 0. The van der Waals surface area contributed by atoms with Crippen LogP contribution in [0.4, 0.5) is 0 Å². The van der Waals surface area contributed by atoms with Crippen LogP contribution < -0.4 is 0 Å². The van der Waals surface area contributed by atoms with Gasteiger partial charge in [-0.25, -0.2) is 4.98 Å². The van der Waals surface area contributed by atoms with Crippen LogP contribution in [-0.4, -0.2) is 14.5 Å². The SMILES string of the molecule is c1cc(-c2ccc(-c3nc4cccc5c4n3-c3ccccc3-c3ncccc3-5)cc2)cc(-c2ccc3c4ccccc4c4ccccc4c3c2)c1. The maximum atomic E-state index is 5.23. The van der Waals surface area contributed by atoms with Crippen molar-refractivity contribution in [3.63, 3.8) is 0 Å².